The highest BCUT2D eigenvalue weighted by molar-refractivity contribution is 5.79. The molecule has 1 fully saturated rings. The van der Waals surface area contributed by atoms with E-state index >= 15 is 0 Å². The predicted molar refractivity (Wildman–Crippen MR) is 132 cm³/mol. The van der Waals surface area contributed by atoms with E-state index in [1.54, 1.807) is 24.5 Å². The van der Waals surface area contributed by atoms with Crippen molar-refractivity contribution in [3.05, 3.63) is 53.5 Å². The van der Waals surface area contributed by atoms with Crippen molar-refractivity contribution < 1.29 is 19.4 Å². The number of carbonyl (C=O) groups is 2. The molecule has 1 aliphatic carbocycles. The fraction of sp³-hybridized carbons (Fsp3) is 0.538. The Morgan fingerprint density at radius 3 is 2.77 bits per heavy atom. The lowest BCUT2D eigenvalue weighted by Gasteiger charge is -2.24. The summed E-state index contributed by atoms with van der Waals surface area (Å²) in [6.07, 6.45) is 10.4. The van der Waals surface area contributed by atoms with Crippen LogP contribution in [0.3, 0.4) is 0 Å². The molecular formula is C26H35N5O4. The minimum absolute atomic E-state index is 0.0734. The van der Waals surface area contributed by atoms with E-state index < -0.39 is 18.1 Å². The molecule has 1 saturated carbocycles. The van der Waals surface area contributed by atoms with Crippen molar-refractivity contribution in [3.8, 4) is 0 Å². The number of ether oxygens (including phenoxy) is 1. The molecule has 0 aromatic carbocycles. The van der Waals surface area contributed by atoms with Crippen molar-refractivity contribution in [1.29, 1.82) is 0 Å². The first-order valence-corrected chi connectivity index (χ1v) is 12.6. The molecule has 1 atom stereocenters. The van der Waals surface area contributed by atoms with Crippen LogP contribution in [0, 0.1) is 0 Å². The van der Waals surface area contributed by atoms with Crippen molar-refractivity contribution in [2.24, 2.45) is 0 Å². The van der Waals surface area contributed by atoms with Crippen LogP contribution in [0.1, 0.15) is 55.3 Å². The lowest BCUT2D eigenvalue weighted by molar-refractivity contribution is -0.139. The number of aryl methyl sites for hydroxylation is 2. The summed E-state index contributed by atoms with van der Waals surface area (Å²) in [6, 6.07) is 7.37. The molecule has 1 aliphatic heterocycles. The Kier molecular flexibility index (Phi) is 8.89. The number of hydrogen-bond acceptors (Lipinski definition) is 7. The number of rotatable bonds is 13. The van der Waals surface area contributed by atoms with Gasteiger partial charge in [-0.15, -0.1) is 0 Å². The monoisotopic (exact) mass is 481 g/mol. The Labute approximate surface area is 206 Å². The van der Waals surface area contributed by atoms with E-state index in [1.165, 1.54) is 5.56 Å². The highest BCUT2D eigenvalue weighted by Crippen LogP contribution is 2.27. The molecule has 0 bridgehead atoms. The molecule has 2 aromatic rings. The zero-order valence-electron chi connectivity index (χ0n) is 20.1. The Bertz CT molecular complexity index is 983. The third-order valence-corrected chi connectivity index (χ3v) is 6.56. The number of nitrogens with zero attached hydrogens (tertiary/aromatic N) is 3. The number of amides is 1. The Balaban J connectivity index is 1.18. The average molecular weight is 482 g/mol. The van der Waals surface area contributed by atoms with E-state index in [9.17, 15) is 14.7 Å². The number of pyridine rings is 2. The minimum atomic E-state index is -1.05. The van der Waals surface area contributed by atoms with E-state index in [1.807, 2.05) is 0 Å². The van der Waals surface area contributed by atoms with Gasteiger partial charge < -0.3 is 25.4 Å². The second-order valence-corrected chi connectivity index (χ2v) is 9.32. The molecule has 9 nitrogen and oxygen atoms in total. The summed E-state index contributed by atoms with van der Waals surface area (Å²) in [7, 11) is 0. The number of nitrogens with one attached hydrogen (secondary N) is 2. The summed E-state index contributed by atoms with van der Waals surface area (Å²) in [5.74, 6) is -0.00595. The molecular weight excluding hydrogens is 446 g/mol. The van der Waals surface area contributed by atoms with Gasteiger partial charge >= 0.3 is 12.1 Å². The van der Waals surface area contributed by atoms with Crippen molar-refractivity contribution in [3.63, 3.8) is 0 Å². The quantitative estimate of drug-likeness (QED) is 0.373. The highest BCUT2D eigenvalue weighted by Gasteiger charge is 2.30. The van der Waals surface area contributed by atoms with Gasteiger partial charge in [0, 0.05) is 37.2 Å². The van der Waals surface area contributed by atoms with E-state index in [0.29, 0.717) is 19.0 Å². The number of carboxylic acid groups (broad SMARTS) is 1. The van der Waals surface area contributed by atoms with Crippen LogP contribution in [0.25, 0.3) is 0 Å². The second-order valence-electron chi connectivity index (χ2n) is 9.32. The number of carboxylic acids is 1. The molecule has 3 N–H and O–H groups in total. The van der Waals surface area contributed by atoms with Crippen molar-refractivity contribution in [2.75, 3.05) is 25.0 Å². The van der Waals surface area contributed by atoms with Gasteiger partial charge in [-0.05, 0) is 87.2 Å². The van der Waals surface area contributed by atoms with Gasteiger partial charge in [0.1, 0.15) is 18.5 Å². The maximum atomic E-state index is 12.1. The number of fused-ring (bicyclic) bond motifs is 1. The first-order valence-electron chi connectivity index (χ1n) is 12.6. The summed E-state index contributed by atoms with van der Waals surface area (Å²) >= 11 is 0. The SMILES string of the molecule is O=C(NC(CCN(CCCCc1ccc2c(n1)NCCC2)C1CC1)C(=O)O)OCc1ccncc1. The Morgan fingerprint density at radius 2 is 2.00 bits per heavy atom. The van der Waals surface area contributed by atoms with Crippen LogP contribution in [-0.4, -0.2) is 63.8 Å². The normalized spacial score (nSPS) is 15.7. The molecule has 3 heterocycles. The van der Waals surface area contributed by atoms with E-state index in [-0.39, 0.29) is 6.61 Å². The summed E-state index contributed by atoms with van der Waals surface area (Å²) in [6.45, 7) is 2.62. The summed E-state index contributed by atoms with van der Waals surface area (Å²) < 4.78 is 5.17. The van der Waals surface area contributed by atoms with Crippen LogP contribution in [0.4, 0.5) is 10.6 Å². The maximum absolute atomic E-state index is 12.1. The van der Waals surface area contributed by atoms with Crippen LogP contribution in [0.5, 0.6) is 0 Å². The summed E-state index contributed by atoms with van der Waals surface area (Å²) in [5.41, 5.74) is 3.23. The van der Waals surface area contributed by atoms with Crippen LogP contribution in [0.2, 0.25) is 0 Å². The molecule has 35 heavy (non-hydrogen) atoms. The van der Waals surface area contributed by atoms with Gasteiger partial charge in [-0.3, -0.25) is 4.98 Å². The number of hydrogen-bond donors (Lipinski definition) is 3. The summed E-state index contributed by atoms with van der Waals surface area (Å²) in [4.78, 5) is 34.9. The highest BCUT2D eigenvalue weighted by atomic mass is 16.5. The lowest BCUT2D eigenvalue weighted by atomic mass is 10.1. The second kappa shape index (κ2) is 12.5. The number of aromatic nitrogens is 2. The summed E-state index contributed by atoms with van der Waals surface area (Å²) in [5, 5.41) is 15.5. The molecule has 1 amide bonds. The van der Waals surface area contributed by atoms with E-state index in [0.717, 1.165) is 75.1 Å². The molecule has 188 valence electrons. The van der Waals surface area contributed by atoms with Gasteiger partial charge in [0.15, 0.2) is 0 Å². The van der Waals surface area contributed by atoms with E-state index in [4.69, 9.17) is 9.72 Å². The number of aliphatic carboxylic acids is 1. The van der Waals surface area contributed by atoms with Crippen LogP contribution in [-0.2, 0) is 29.0 Å². The number of anilines is 1. The third-order valence-electron chi connectivity index (χ3n) is 6.56. The number of unbranched alkanes of at least 4 members (excludes halogenated alkanes) is 1. The number of carbonyl (C=O) groups excluding carboxylic acids is 1. The molecule has 2 aliphatic rings. The number of alkyl carbamates (subject to hydrolysis) is 1. The van der Waals surface area contributed by atoms with Crippen molar-refractivity contribution >= 4 is 17.9 Å². The zero-order chi connectivity index (χ0) is 24.5. The standard InChI is InChI=1S/C26H35N5O4/c32-25(33)23(30-26(34)35-18-19-10-14-27-15-11-19)12-17-31(22-8-9-22)16-2-1-5-21-7-6-20-4-3-13-28-24(20)29-21/h6-7,10-11,14-15,22-23H,1-5,8-9,12-13,16-18H2,(H,28,29)(H,30,34)(H,32,33). The minimum Gasteiger partial charge on any atom is -0.480 e. The molecule has 2 aromatic heterocycles. The van der Waals surface area contributed by atoms with Gasteiger partial charge in [0.05, 0.1) is 0 Å². The Hall–Kier alpha value is -3.20. The van der Waals surface area contributed by atoms with Crippen molar-refractivity contribution in [2.45, 2.75) is 70.1 Å². The van der Waals surface area contributed by atoms with Crippen molar-refractivity contribution in [1.82, 2.24) is 20.2 Å². The van der Waals surface area contributed by atoms with Gasteiger partial charge in [-0.25, -0.2) is 14.6 Å². The van der Waals surface area contributed by atoms with Gasteiger partial charge in [-0.1, -0.05) is 6.07 Å². The largest absolute Gasteiger partial charge is 0.480 e. The average Bonchev–Trinajstić information content (AvgIpc) is 3.72. The van der Waals surface area contributed by atoms with Crippen LogP contribution in [0.15, 0.2) is 36.7 Å². The third kappa shape index (κ3) is 7.92. The Morgan fingerprint density at radius 1 is 1.17 bits per heavy atom. The smallest absolute Gasteiger partial charge is 0.408 e. The molecule has 0 spiro atoms. The first kappa shape index (κ1) is 24.9. The fourth-order valence-corrected chi connectivity index (χ4v) is 4.41. The van der Waals surface area contributed by atoms with Gasteiger partial charge in [0.25, 0.3) is 0 Å². The molecule has 1 unspecified atom stereocenters. The maximum Gasteiger partial charge on any atom is 0.408 e. The molecule has 0 radical (unpaired) electrons. The molecule has 9 heteroatoms. The topological polar surface area (TPSA) is 117 Å². The van der Waals surface area contributed by atoms with Crippen LogP contribution >= 0.6 is 0 Å². The fourth-order valence-electron chi connectivity index (χ4n) is 4.41. The lowest BCUT2D eigenvalue weighted by Crippen LogP contribution is -2.43. The molecule has 4 rings (SSSR count). The zero-order valence-corrected chi connectivity index (χ0v) is 20.1. The van der Waals surface area contributed by atoms with Gasteiger partial charge in [-0.2, -0.15) is 0 Å². The van der Waals surface area contributed by atoms with Gasteiger partial charge in [0.2, 0.25) is 0 Å². The van der Waals surface area contributed by atoms with E-state index in [2.05, 4.69) is 32.7 Å². The predicted octanol–water partition coefficient (Wildman–Crippen LogP) is 3.39. The molecule has 0 saturated heterocycles. The van der Waals surface area contributed by atoms with Crippen LogP contribution < -0.4 is 10.6 Å². The first-order chi connectivity index (χ1) is 17.1.